The number of amides is 2. The van der Waals surface area contributed by atoms with Gasteiger partial charge in [0.2, 0.25) is 11.8 Å². The summed E-state index contributed by atoms with van der Waals surface area (Å²) < 4.78 is 0. The number of carbonyl (C=O) groups is 2. The number of likely N-dealkylation sites (N-methyl/N-ethyl adjacent to an activating group) is 1. The second-order valence-corrected chi connectivity index (χ2v) is 6.44. The molecule has 0 atom stereocenters. The molecular weight excluding hydrogens is 328 g/mol. The van der Waals surface area contributed by atoms with Crippen molar-refractivity contribution >= 4 is 23.2 Å². The van der Waals surface area contributed by atoms with Gasteiger partial charge >= 0.3 is 0 Å². The Morgan fingerprint density at radius 2 is 1.50 bits per heavy atom. The summed E-state index contributed by atoms with van der Waals surface area (Å²) in [5, 5.41) is 0. The van der Waals surface area contributed by atoms with Crippen LogP contribution in [0.5, 0.6) is 0 Å². The molecule has 0 saturated carbocycles. The highest BCUT2D eigenvalue weighted by atomic mass is 16.2. The lowest BCUT2D eigenvalue weighted by Gasteiger charge is -2.25. The first-order chi connectivity index (χ1) is 12.4. The van der Waals surface area contributed by atoms with Crippen LogP contribution in [0.25, 0.3) is 0 Å². The van der Waals surface area contributed by atoms with E-state index in [1.54, 1.807) is 24.3 Å². The lowest BCUT2D eigenvalue weighted by Crippen LogP contribution is -2.41. The maximum atomic E-state index is 12.5. The minimum absolute atomic E-state index is 0.0312. The van der Waals surface area contributed by atoms with Crippen LogP contribution in [0.2, 0.25) is 0 Å². The van der Waals surface area contributed by atoms with E-state index in [4.69, 9.17) is 0 Å². The molecule has 2 rings (SSSR count). The van der Waals surface area contributed by atoms with Crippen molar-refractivity contribution in [2.45, 2.75) is 13.3 Å². The Labute approximate surface area is 155 Å². The van der Waals surface area contributed by atoms with Crippen LogP contribution in [0.1, 0.15) is 12.5 Å². The van der Waals surface area contributed by atoms with E-state index >= 15 is 0 Å². The molecule has 1 aromatic carbocycles. The molecule has 1 heterocycles. The number of carbonyl (C=O) groups excluding carboxylic acids is 2. The van der Waals surface area contributed by atoms with Gasteiger partial charge < -0.3 is 14.7 Å². The first kappa shape index (κ1) is 19.4. The van der Waals surface area contributed by atoms with Crippen molar-refractivity contribution in [3.8, 4) is 0 Å². The van der Waals surface area contributed by atoms with Crippen LogP contribution in [0.3, 0.4) is 0 Å². The highest BCUT2D eigenvalue weighted by Gasteiger charge is 2.18. The number of anilines is 2. The predicted molar refractivity (Wildman–Crippen MR) is 104 cm³/mol. The molecule has 0 aliphatic heterocycles. The molecule has 0 bridgehead atoms. The summed E-state index contributed by atoms with van der Waals surface area (Å²) in [7, 11) is 5.68. The van der Waals surface area contributed by atoms with E-state index in [1.807, 2.05) is 55.4 Å². The largest absolute Gasteiger partial charge is 0.378 e. The van der Waals surface area contributed by atoms with Crippen LogP contribution in [0.4, 0.5) is 11.4 Å². The van der Waals surface area contributed by atoms with Crippen LogP contribution in [0, 0.1) is 0 Å². The van der Waals surface area contributed by atoms with Gasteiger partial charge in [-0.3, -0.25) is 14.6 Å². The Balaban J connectivity index is 1.99. The highest BCUT2D eigenvalue weighted by molar-refractivity contribution is 5.97. The molecule has 0 spiro atoms. The van der Waals surface area contributed by atoms with Gasteiger partial charge in [0.15, 0.2) is 0 Å². The van der Waals surface area contributed by atoms with Crippen molar-refractivity contribution in [1.82, 2.24) is 9.88 Å². The number of hydrogen-bond acceptors (Lipinski definition) is 4. The Hall–Kier alpha value is -2.89. The third-order valence-electron chi connectivity index (χ3n) is 4.26. The summed E-state index contributed by atoms with van der Waals surface area (Å²) in [6.07, 6.45) is 4.24. The molecule has 0 fully saturated rings. The average molecular weight is 354 g/mol. The molecule has 1 aromatic heterocycles. The molecule has 26 heavy (non-hydrogen) atoms. The van der Waals surface area contributed by atoms with Crippen LogP contribution in [-0.2, 0) is 16.0 Å². The van der Waals surface area contributed by atoms with E-state index < -0.39 is 0 Å². The molecule has 2 amide bonds. The molecule has 0 radical (unpaired) electrons. The average Bonchev–Trinajstić information content (AvgIpc) is 2.64. The van der Waals surface area contributed by atoms with Crippen molar-refractivity contribution in [3.05, 3.63) is 54.4 Å². The van der Waals surface area contributed by atoms with Crippen LogP contribution >= 0.6 is 0 Å². The molecule has 0 aliphatic rings. The molecule has 6 heteroatoms. The smallest absolute Gasteiger partial charge is 0.242 e. The first-order valence-electron chi connectivity index (χ1n) is 8.57. The van der Waals surface area contributed by atoms with E-state index in [0.717, 1.165) is 23.4 Å². The molecule has 138 valence electrons. The second kappa shape index (κ2) is 8.99. The maximum Gasteiger partial charge on any atom is 0.242 e. The lowest BCUT2D eigenvalue weighted by molar-refractivity contribution is -0.130. The van der Waals surface area contributed by atoms with Gasteiger partial charge in [-0.15, -0.1) is 0 Å². The summed E-state index contributed by atoms with van der Waals surface area (Å²) in [6, 6.07) is 11.5. The number of nitrogens with zero attached hydrogens (tertiary/aromatic N) is 4. The fourth-order valence-corrected chi connectivity index (χ4v) is 2.54. The van der Waals surface area contributed by atoms with Gasteiger partial charge in [0.05, 0.1) is 0 Å². The number of rotatable bonds is 7. The standard InChI is InChI=1S/C20H26N4O2/c1-16(25)24(19-7-5-18(6-8-19)22(2)3)15-20(26)23(4)14-11-17-9-12-21-13-10-17/h5-10,12-13H,11,14-15H2,1-4H3. The lowest BCUT2D eigenvalue weighted by atomic mass is 10.2. The highest BCUT2D eigenvalue weighted by Crippen LogP contribution is 2.19. The van der Waals surface area contributed by atoms with Gasteiger partial charge in [-0.25, -0.2) is 0 Å². The van der Waals surface area contributed by atoms with Gasteiger partial charge in [0.25, 0.3) is 0 Å². The van der Waals surface area contributed by atoms with Crippen LogP contribution < -0.4 is 9.80 Å². The fourth-order valence-electron chi connectivity index (χ4n) is 2.54. The van der Waals surface area contributed by atoms with Crippen LogP contribution in [-0.4, -0.2) is 55.9 Å². The normalized spacial score (nSPS) is 10.3. The van der Waals surface area contributed by atoms with E-state index in [-0.39, 0.29) is 18.4 Å². The van der Waals surface area contributed by atoms with Gasteiger partial charge in [0.1, 0.15) is 6.54 Å². The zero-order valence-corrected chi connectivity index (χ0v) is 15.8. The number of aromatic nitrogens is 1. The zero-order chi connectivity index (χ0) is 19.1. The Morgan fingerprint density at radius 1 is 0.923 bits per heavy atom. The third kappa shape index (κ3) is 5.31. The molecule has 0 N–H and O–H groups in total. The van der Waals surface area contributed by atoms with E-state index in [9.17, 15) is 9.59 Å². The third-order valence-corrected chi connectivity index (χ3v) is 4.26. The van der Waals surface area contributed by atoms with Crippen molar-refractivity contribution in [3.63, 3.8) is 0 Å². The van der Waals surface area contributed by atoms with Gasteiger partial charge in [-0.05, 0) is 48.4 Å². The number of hydrogen-bond donors (Lipinski definition) is 0. The van der Waals surface area contributed by atoms with Crippen molar-refractivity contribution in [2.75, 3.05) is 44.0 Å². The summed E-state index contributed by atoms with van der Waals surface area (Å²) in [5.74, 6) is -0.246. The molecule has 0 saturated heterocycles. The van der Waals surface area contributed by atoms with E-state index in [0.29, 0.717) is 6.54 Å². The Morgan fingerprint density at radius 3 is 2.04 bits per heavy atom. The topological polar surface area (TPSA) is 56.8 Å². The van der Waals surface area contributed by atoms with Crippen molar-refractivity contribution in [1.29, 1.82) is 0 Å². The van der Waals surface area contributed by atoms with E-state index in [2.05, 4.69) is 4.98 Å². The summed E-state index contributed by atoms with van der Waals surface area (Å²) >= 11 is 0. The summed E-state index contributed by atoms with van der Waals surface area (Å²) in [6.45, 7) is 2.10. The Kier molecular flexibility index (Phi) is 6.72. The molecule has 2 aromatic rings. The second-order valence-electron chi connectivity index (χ2n) is 6.44. The van der Waals surface area contributed by atoms with Gasteiger partial charge in [0, 0.05) is 58.4 Å². The van der Waals surface area contributed by atoms with E-state index in [1.165, 1.54) is 11.8 Å². The first-order valence-corrected chi connectivity index (χ1v) is 8.57. The molecule has 0 aliphatic carbocycles. The van der Waals surface area contributed by atoms with Crippen molar-refractivity contribution in [2.24, 2.45) is 0 Å². The van der Waals surface area contributed by atoms with Gasteiger partial charge in [-0.2, -0.15) is 0 Å². The molecule has 0 unspecified atom stereocenters. The summed E-state index contributed by atoms with van der Waals surface area (Å²) in [5.41, 5.74) is 2.89. The SMILES string of the molecule is CC(=O)N(CC(=O)N(C)CCc1ccncc1)c1ccc(N(C)C)cc1. The fraction of sp³-hybridized carbons (Fsp3) is 0.350. The molecular formula is C20H26N4O2. The summed E-state index contributed by atoms with van der Waals surface area (Å²) in [4.78, 5) is 33.7. The van der Waals surface area contributed by atoms with Crippen LogP contribution in [0.15, 0.2) is 48.8 Å². The maximum absolute atomic E-state index is 12.5. The minimum Gasteiger partial charge on any atom is -0.378 e. The quantitative estimate of drug-likeness (QED) is 0.765. The van der Waals surface area contributed by atoms with Crippen molar-refractivity contribution < 1.29 is 9.59 Å². The monoisotopic (exact) mass is 354 g/mol. The molecule has 6 nitrogen and oxygen atoms in total. The number of pyridine rings is 1. The van der Waals surface area contributed by atoms with Gasteiger partial charge in [-0.1, -0.05) is 0 Å². The minimum atomic E-state index is -0.154. The zero-order valence-electron chi connectivity index (χ0n) is 15.8. The Bertz CT molecular complexity index is 729. The number of benzene rings is 1. The predicted octanol–water partition coefficient (Wildman–Crippen LogP) is 2.20.